The third-order valence-corrected chi connectivity index (χ3v) is 4.50. The topological polar surface area (TPSA) is 9.72 Å². The van der Waals surface area contributed by atoms with E-state index < -0.39 is 0 Å². The Balaban J connectivity index is 2.07. The van der Waals surface area contributed by atoms with E-state index in [9.17, 15) is 0 Å². The summed E-state index contributed by atoms with van der Waals surface area (Å²) < 4.78 is 0. The van der Waals surface area contributed by atoms with E-state index in [0.29, 0.717) is 0 Å². The molecule has 1 saturated heterocycles. The van der Waals surface area contributed by atoms with E-state index in [0.717, 1.165) is 12.1 Å². The average Bonchev–Trinajstić information content (AvgIpc) is 2.36. The molecule has 0 spiro atoms. The Morgan fingerprint density at radius 1 is 0.688 bits per heavy atom. The molecule has 3 heteroatoms. The second-order valence-corrected chi connectivity index (χ2v) is 5.68. The van der Waals surface area contributed by atoms with E-state index in [-0.39, 0.29) is 0 Å². The number of nitrogens with zero attached hydrogens (tertiary/aromatic N) is 3. The molecule has 0 N–H and O–H groups in total. The third-order valence-electron chi connectivity index (χ3n) is 4.50. The van der Waals surface area contributed by atoms with Gasteiger partial charge in [-0.1, -0.05) is 12.8 Å². The zero-order valence-electron chi connectivity index (χ0n) is 11.2. The smallest absolute Gasteiger partial charge is 0.0248 e. The van der Waals surface area contributed by atoms with Gasteiger partial charge in [0.1, 0.15) is 0 Å². The van der Waals surface area contributed by atoms with Crippen molar-refractivity contribution in [2.45, 2.75) is 37.8 Å². The van der Waals surface area contributed by atoms with Crippen molar-refractivity contribution in [2.75, 3.05) is 47.3 Å². The van der Waals surface area contributed by atoms with Gasteiger partial charge in [0.2, 0.25) is 0 Å². The first-order valence-electron chi connectivity index (χ1n) is 6.77. The Hall–Kier alpha value is -0.120. The molecule has 0 aromatic carbocycles. The minimum absolute atomic E-state index is 0.797. The zero-order valence-corrected chi connectivity index (χ0v) is 11.2. The Labute approximate surface area is 100 Å². The monoisotopic (exact) mass is 225 g/mol. The van der Waals surface area contributed by atoms with Gasteiger partial charge in [0, 0.05) is 38.3 Å². The van der Waals surface area contributed by atoms with Gasteiger partial charge in [0.15, 0.2) is 0 Å². The van der Waals surface area contributed by atoms with Gasteiger partial charge in [-0.3, -0.25) is 0 Å². The van der Waals surface area contributed by atoms with Gasteiger partial charge >= 0.3 is 0 Å². The van der Waals surface area contributed by atoms with Gasteiger partial charge in [-0.25, -0.2) is 0 Å². The second kappa shape index (κ2) is 5.48. The maximum atomic E-state index is 2.60. The highest BCUT2D eigenvalue weighted by Crippen LogP contribution is 2.26. The van der Waals surface area contributed by atoms with Gasteiger partial charge in [0.25, 0.3) is 0 Å². The fraction of sp³-hybridized carbons (Fsp3) is 1.00. The van der Waals surface area contributed by atoms with Gasteiger partial charge in [-0.05, 0) is 34.0 Å². The van der Waals surface area contributed by atoms with Crippen molar-refractivity contribution in [1.82, 2.24) is 14.7 Å². The van der Waals surface area contributed by atoms with E-state index in [1.165, 1.54) is 51.9 Å². The summed E-state index contributed by atoms with van der Waals surface area (Å²) in [4.78, 5) is 7.66. The second-order valence-electron chi connectivity index (χ2n) is 5.68. The van der Waals surface area contributed by atoms with Crippen LogP contribution in [0.25, 0.3) is 0 Å². The quantitative estimate of drug-likeness (QED) is 0.611. The molecule has 2 fully saturated rings. The standard InChI is InChI=1S/C13H27N3/c1-14-8-10-15(2)12-6-4-5-7-13(12)16(3)11-9-14/h12-13H,4-11H2,1-3H3/t12-,13-/m1/s1. The normalized spacial score (nSPS) is 36.2. The van der Waals surface area contributed by atoms with Crippen LogP contribution in [0.1, 0.15) is 25.7 Å². The highest BCUT2D eigenvalue weighted by Gasteiger charge is 2.31. The van der Waals surface area contributed by atoms with Crippen LogP contribution in [0.5, 0.6) is 0 Å². The molecule has 1 aliphatic heterocycles. The molecule has 1 saturated carbocycles. The van der Waals surface area contributed by atoms with Crippen molar-refractivity contribution < 1.29 is 0 Å². The summed E-state index contributed by atoms with van der Waals surface area (Å²) in [6.07, 6.45) is 5.65. The summed E-state index contributed by atoms with van der Waals surface area (Å²) in [6.45, 7) is 4.89. The minimum atomic E-state index is 0.797. The van der Waals surface area contributed by atoms with E-state index >= 15 is 0 Å². The Morgan fingerprint density at radius 2 is 1.12 bits per heavy atom. The van der Waals surface area contributed by atoms with E-state index in [4.69, 9.17) is 0 Å². The predicted octanol–water partition coefficient (Wildman–Crippen LogP) is 1.11. The molecule has 0 radical (unpaired) electrons. The number of fused-ring (bicyclic) bond motifs is 1. The molecular formula is C13H27N3. The molecular weight excluding hydrogens is 198 g/mol. The summed E-state index contributed by atoms with van der Waals surface area (Å²) in [5.74, 6) is 0. The van der Waals surface area contributed by atoms with Crippen LogP contribution < -0.4 is 0 Å². The first-order valence-corrected chi connectivity index (χ1v) is 6.77. The molecule has 1 aliphatic carbocycles. The molecule has 94 valence electrons. The molecule has 1 heterocycles. The molecule has 0 aromatic heterocycles. The summed E-state index contributed by atoms with van der Waals surface area (Å²) in [5.41, 5.74) is 0. The Bertz CT molecular complexity index is 197. The summed E-state index contributed by atoms with van der Waals surface area (Å²) >= 11 is 0. The third kappa shape index (κ3) is 2.76. The highest BCUT2D eigenvalue weighted by molar-refractivity contribution is 4.89. The fourth-order valence-electron chi connectivity index (χ4n) is 3.22. The number of hydrogen-bond acceptors (Lipinski definition) is 3. The number of hydrogen-bond donors (Lipinski definition) is 0. The fourth-order valence-corrected chi connectivity index (χ4v) is 3.22. The molecule has 2 atom stereocenters. The molecule has 0 amide bonds. The molecule has 2 aliphatic rings. The summed E-state index contributed by atoms with van der Waals surface area (Å²) in [6, 6.07) is 1.59. The predicted molar refractivity (Wildman–Crippen MR) is 68.8 cm³/mol. The molecule has 2 rings (SSSR count). The number of likely N-dealkylation sites (N-methyl/N-ethyl adjacent to an activating group) is 3. The van der Waals surface area contributed by atoms with Crippen LogP contribution in [0.3, 0.4) is 0 Å². The van der Waals surface area contributed by atoms with Crippen LogP contribution >= 0.6 is 0 Å². The van der Waals surface area contributed by atoms with Crippen molar-refractivity contribution in [1.29, 1.82) is 0 Å². The van der Waals surface area contributed by atoms with E-state index in [2.05, 4.69) is 35.8 Å². The van der Waals surface area contributed by atoms with Crippen LogP contribution in [-0.4, -0.2) is 74.1 Å². The van der Waals surface area contributed by atoms with E-state index in [1.54, 1.807) is 0 Å². The van der Waals surface area contributed by atoms with E-state index in [1.807, 2.05) is 0 Å². The van der Waals surface area contributed by atoms with Gasteiger partial charge in [0.05, 0.1) is 0 Å². The summed E-state index contributed by atoms with van der Waals surface area (Å²) in [5, 5.41) is 0. The molecule has 16 heavy (non-hydrogen) atoms. The average molecular weight is 225 g/mol. The van der Waals surface area contributed by atoms with Crippen LogP contribution in [0.15, 0.2) is 0 Å². The number of rotatable bonds is 0. The lowest BCUT2D eigenvalue weighted by Crippen LogP contribution is -2.51. The van der Waals surface area contributed by atoms with Crippen LogP contribution in [0.4, 0.5) is 0 Å². The lowest BCUT2D eigenvalue weighted by molar-refractivity contribution is 0.0869. The highest BCUT2D eigenvalue weighted by atomic mass is 15.3. The van der Waals surface area contributed by atoms with Crippen molar-refractivity contribution in [3.05, 3.63) is 0 Å². The van der Waals surface area contributed by atoms with Crippen LogP contribution in [-0.2, 0) is 0 Å². The minimum Gasteiger partial charge on any atom is -0.304 e. The summed E-state index contributed by atoms with van der Waals surface area (Å²) in [7, 11) is 6.88. The van der Waals surface area contributed by atoms with Gasteiger partial charge in [-0.2, -0.15) is 0 Å². The maximum Gasteiger partial charge on any atom is 0.0248 e. The van der Waals surface area contributed by atoms with Crippen molar-refractivity contribution in [2.24, 2.45) is 0 Å². The lowest BCUT2D eigenvalue weighted by Gasteiger charge is -2.41. The Morgan fingerprint density at radius 3 is 1.56 bits per heavy atom. The zero-order chi connectivity index (χ0) is 11.5. The van der Waals surface area contributed by atoms with Crippen molar-refractivity contribution in [3.63, 3.8) is 0 Å². The van der Waals surface area contributed by atoms with Gasteiger partial charge in [-0.15, -0.1) is 0 Å². The van der Waals surface area contributed by atoms with Crippen molar-refractivity contribution >= 4 is 0 Å². The van der Waals surface area contributed by atoms with Crippen molar-refractivity contribution in [3.8, 4) is 0 Å². The maximum absolute atomic E-state index is 2.60. The molecule has 0 aromatic rings. The first-order chi connectivity index (χ1) is 7.68. The SMILES string of the molecule is CN1CCN(C)[C@@H]2CCCC[C@H]2N(C)CC1. The Kier molecular flexibility index (Phi) is 4.22. The first kappa shape index (κ1) is 12.3. The largest absolute Gasteiger partial charge is 0.304 e. The van der Waals surface area contributed by atoms with Crippen LogP contribution in [0, 0.1) is 0 Å². The lowest BCUT2D eigenvalue weighted by atomic mass is 9.88. The molecule has 3 nitrogen and oxygen atoms in total. The molecule has 0 bridgehead atoms. The van der Waals surface area contributed by atoms with Crippen LogP contribution in [0.2, 0.25) is 0 Å². The molecule has 0 unspecified atom stereocenters. The van der Waals surface area contributed by atoms with Gasteiger partial charge < -0.3 is 14.7 Å².